The monoisotopic (exact) mass is 328 g/mol. The van der Waals surface area contributed by atoms with Gasteiger partial charge in [-0.3, -0.25) is 9.89 Å². The summed E-state index contributed by atoms with van der Waals surface area (Å²) in [5, 5.41) is 15.2. The van der Waals surface area contributed by atoms with Crippen molar-refractivity contribution in [1.29, 1.82) is 0 Å². The second-order valence-electron chi connectivity index (χ2n) is 4.92. The normalized spacial score (nSPS) is 10.5. The maximum atomic E-state index is 12.1. The lowest BCUT2D eigenvalue weighted by Gasteiger charge is -2.05. The lowest BCUT2D eigenvalue weighted by Crippen LogP contribution is -2.23. The van der Waals surface area contributed by atoms with Crippen molar-refractivity contribution in [1.82, 2.24) is 25.5 Å². The van der Waals surface area contributed by atoms with Gasteiger partial charge in [-0.2, -0.15) is 5.10 Å². The quantitative estimate of drug-likeness (QED) is 0.667. The number of aromatic nitrogens is 4. The minimum atomic E-state index is -0.193. The average Bonchev–Trinajstić information content (AvgIpc) is 3.21. The fourth-order valence-corrected chi connectivity index (χ4v) is 2.71. The molecule has 1 aromatic carbocycles. The number of benzene rings is 1. The van der Waals surface area contributed by atoms with Gasteiger partial charge in [0, 0.05) is 24.5 Å². The molecule has 8 heteroatoms. The highest BCUT2D eigenvalue weighted by molar-refractivity contribution is 7.13. The summed E-state index contributed by atoms with van der Waals surface area (Å²) in [4.78, 5) is 20.6. The lowest BCUT2D eigenvalue weighted by atomic mass is 10.1. The summed E-state index contributed by atoms with van der Waals surface area (Å²) >= 11 is 1.40. The van der Waals surface area contributed by atoms with Crippen LogP contribution in [0.25, 0.3) is 11.4 Å². The fraction of sp³-hybridized carbons (Fsp3) is 0.200. The predicted octanol–water partition coefficient (Wildman–Crippen LogP) is 2.21. The molecule has 3 N–H and O–H groups in total. The lowest BCUT2D eigenvalue weighted by molar-refractivity contribution is 0.0946. The van der Waals surface area contributed by atoms with E-state index in [1.807, 2.05) is 31.2 Å². The number of aryl methyl sites for hydroxylation is 1. The van der Waals surface area contributed by atoms with Crippen molar-refractivity contribution in [2.75, 3.05) is 12.4 Å². The van der Waals surface area contributed by atoms with E-state index in [9.17, 15) is 4.79 Å². The molecule has 23 heavy (non-hydrogen) atoms. The van der Waals surface area contributed by atoms with Gasteiger partial charge in [0.1, 0.15) is 11.5 Å². The Kier molecular flexibility index (Phi) is 4.33. The third kappa shape index (κ3) is 3.54. The number of amides is 1. The molecule has 0 aliphatic carbocycles. The van der Waals surface area contributed by atoms with Gasteiger partial charge in [0.25, 0.3) is 5.91 Å². The number of thiazole rings is 1. The number of aromatic amines is 1. The molecule has 3 aromatic rings. The van der Waals surface area contributed by atoms with Crippen molar-refractivity contribution < 1.29 is 4.79 Å². The first-order valence-electron chi connectivity index (χ1n) is 7.05. The van der Waals surface area contributed by atoms with E-state index in [1.54, 1.807) is 12.4 Å². The van der Waals surface area contributed by atoms with Crippen LogP contribution >= 0.6 is 11.3 Å². The van der Waals surface area contributed by atoms with E-state index in [0.29, 0.717) is 18.1 Å². The summed E-state index contributed by atoms with van der Waals surface area (Å²) in [6.45, 7) is 2.27. The Labute approximate surface area is 137 Å². The predicted molar refractivity (Wildman–Crippen MR) is 89.4 cm³/mol. The zero-order chi connectivity index (χ0) is 16.2. The van der Waals surface area contributed by atoms with Gasteiger partial charge >= 0.3 is 0 Å². The third-order valence-corrected chi connectivity index (χ3v) is 4.05. The summed E-state index contributed by atoms with van der Waals surface area (Å²) < 4.78 is 0. The minimum absolute atomic E-state index is 0.193. The summed E-state index contributed by atoms with van der Waals surface area (Å²) in [7, 11) is 1.77. The number of H-pyrrole nitrogens is 1. The molecule has 0 atom stereocenters. The van der Waals surface area contributed by atoms with Gasteiger partial charge in [-0.15, -0.1) is 11.3 Å². The molecule has 0 aliphatic heterocycles. The molecule has 0 unspecified atom stereocenters. The zero-order valence-corrected chi connectivity index (χ0v) is 13.6. The van der Waals surface area contributed by atoms with Gasteiger partial charge in [-0.05, 0) is 18.6 Å². The van der Waals surface area contributed by atoms with Crippen LogP contribution < -0.4 is 10.6 Å². The van der Waals surface area contributed by atoms with Crippen molar-refractivity contribution in [2.45, 2.75) is 13.5 Å². The molecule has 0 fully saturated rings. The van der Waals surface area contributed by atoms with Crippen LogP contribution in [0.15, 0.2) is 29.6 Å². The highest BCUT2D eigenvalue weighted by Gasteiger charge is 2.10. The van der Waals surface area contributed by atoms with Crippen molar-refractivity contribution in [3.63, 3.8) is 0 Å². The Balaban J connectivity index is 1.67. The SMILES string of the molecule is CNc1nc(C(=O)NCc2cccc(-c3n[nH]c(C)n3)c2)cs1. The summed E-state index contributed by atoms with van der Waals surface area (Å²) in [5.41, 5.74) is 2.30. The molecule has 0 aliphatic rings. The summed E-state index contributed by atoms with van der Waals surface area (Å²) in [6, 6.07) is 7.77. The number of nitrogens with zero attached hydrogens (tertiary/aromatic N) is 3. The van der Waals surface area contributed by atoms with Gasteiger partial charge in [0.15, 0.2) is 11.0 Å². The third-order valence-electron chi connectivity index (χ3n) is 3.19. The Morgan fingerprint density at radius 2 is 2.22 bits per heavy atom. The Bertz CT molecular complexity index is 825. The van der Waals surface area contributed by atoms with Crippen LogP contribution in [0.5, 0.6) is 0 Å². The highest BCUT2D eigenvalue weighted by atomic mass is 32.1. The highest BCUT2D eigenvalue weighted by Crippen LogP contribution is 2.17. The van der Waals surface area contributed by atoms with E-state index in [0.717, 1.165) is 22.1 Å². The van der Waals surface area contributed by atoms with Crippen LogP contribution in [0.4, 0.5) is 5.13 Å². The summed E-state index contributed by atoms with van der Waals surface area (Å²) in [5.74, 6) is 1.22. The molecule has 0 bridgehead atoms. The Hall–Kier alpha value is -2.74. The van der Waals surface area contributed by atoms with Crippen LogP contribution in [0, 0.1) is 6.92 Å². The first-order chi connectivity index (χ1) is 11.2. The van der Waals surface area contributed by atoms with Crippen molar-refractivity contribution in [3.8, 4) is 11.4 Å². The molecule has 2 aromatic heterocycles. The van der Waals surface area contributed by atoms with E-state index in [-0.39, 0.29) is 5.91 Å². The van der Waals surface area contributed by atoms with E-state index < -0.39 is 0 Å². The van der Waals surface area contributed by atoms with E-state index in [4.69, 9.17) is 0 Å². The molecule has 7 nitrogen and oxygen atoms in total. The number of carbonyl (C=O) groups is 1. The zero-order valence-electron chi connectivity index (χ0n) is 12.8. The number of rotatable bonds is 5. The van der Waals surface area contributed by atoms with E-state index in [1.165, 1.54) is 11.3 Å². The van der Waals surface area contributed by atoms with Crippen molar-refractivity contribution >= 4 is 22.4 Å². The summed E-state index contributed by atoms with van der Waals surface area (Å²) in [6.07, 6.45) is 0. The number of nitrogens with one attached hydrogen (secondary N) is 3. The second-order valence-corrected chi connectivity index (χ2v) is 5.77. The number of hydrogen-bond acceptors (Lipinski definition) is 6. The van der Waals surface area contributed by atoms with Gasteiger partial charge < -0.3 is 10.6 Å². The molecule has 0 radical (unpaired) electrons. The van der Waals surface area contributed by atoms with E-state index in [2.05, 4.69) is 30.8 Å². The molecule has 0 spiro atoms. The number of anilines is 1. The molecular weight excluding hydrogens is 312 g/mol. The number of hydrogen-bond donors (Lipinski definition) is 3. The minimum Gasteiger partial charge on any atom is -0.365 e. The van der Waals surface area contributed by atoms with E-state index >= 15 is 0 Å². The maximum Gasteiger partial charge on any atom is 0.271 e. The van der Waals surface area contributed by atoms with Gasteiger partial charge in [0.05, 0.1) is 0 Å². The molecule has 3 rings (SSSR count). The first-order valence-corrected chi connectivity index (χ1v) is 7.93. The largest absolute Gasteiger partial charge is 0.365 e. The first kappa shape index (κ1) is 15.2. The van der Waals surface area contributed by atoms with Crippen molar-refractivity contribution in [3.05, 3.63) is 46.7 Å². The van der Waals surface area contributed by atoms with Crippen LogP contribution in [-0.4, -0.2) is 33.1 Å². The Morgan fingerprint density at radius 3 is 2.91 bits per heavy atom. The standard InChI is InChI=1S/C15H16N6OS/c1-9-18-13(21-20-9)11-5-3-4-10(6-11)7-17-14(22)12-8-23-15(16-2)19-12/h3-6,8H,7H2,1-2H3,(H,16,19)(H,17,22)(H,18,20,21). The smallest absolute Gasteiger partial charge is 0.271 e. The molecule has 118 valence electrons. The van der Waals surface area contributed by atoms with Gasteiger partial charge in [0.2, 0.25) is 0 Å². The Morgan fingerprint density at radius 1 is 1.35 bits per heavy atom. The second kappa shape index (κ2) is 6.57. The van der Waals surface area contributed by atoms with Crippen LogP contribution in [-0.2, 0) is 6.54 Å². The van der Waals surface area contributed by atoms with Crippen LogP contribution in [0.1, 0.15) is 21.9 Å². The topological polar surface area (TPSA) is 95.6 Å². The number of carbonyl (C=O) groups excluding carboxylic acids is 1. The van der Waals surface area contributed by atoms with Gasteiger partial charge in [-0.1, -0.05) is 18.2 Å². The average molecular weight is 328 g/mol. The van der Waals surface area contributed by atoms with Gasteiger partial charge in [-0.25, -0.2) is 9.97 Å². The van der Waals surface area contributed by atoms with Crippen LogP contribution in [0.2, 0.25) is 0 Å². The maximum absolute atomic E-state index is 12.1. The van der Waals surface area contributed by atoms with Crippen molar-refractivity contribution in [2.24, 2.45) is 0 Å². The molecule has 0 saturated heterocycles. The fourth-order valence-electron chi connectivity index (χ4n) is 2.06. The molecular formula is C15H16N6OS. The molecule has 2 heterocycles. The van der Waals surface area contributed by atoms with Crippen LogP contribution in [0.3, 0.4) is 0 Å². The molecule has 0 saturated carbocycles. The molecule has 1 amide bonds.